The number of benzene rings is 2. The molecular formula is C16H17NO2. The summed E-state index contributed by atoms with van der Waals surface area (Å²) in [5.41, 5.74) is 9.12. The fourth-order valence-electron chi connectivity index (χ4n) is 1.99. The maximum absolute atomic E-state index is 11.9. The molecule has 0 bridgehead atoms. The fourth-order valence-corrected chi connectivity index (χ4v) is 1.99. The minimum absolute atomic E-state index is 0.295. The summed E-state index contributed by atoms with van der Waals surface area (Å²) in [5.74, 6) is -0.295. The Labute approximate surface area is 113 Å². The molecule has 0 spiro atoms. The van der Waals surface area contributed by atoms with Gasteiger partial charge in [-0.2, -0.15) is 0 Å². The molecule has 98 valence electrons. The highest BCUT2D eigenvalue weighted by Gasteiger charge is 2.13. The van der Waals surface area contributed by atoms with Crippen LogP contribution in [0.2, 0.25) is 0 Å². The lowest BCUT2D eigenvalue weighted by atomic mass is 9.98. The van der Waals surface area contributed by atoms with Crippen molar-refractivity contribution in [1.82, 2.24) is 0 Å². The van der Waals surface area contributed by atoms with E-state index in [1.807, 2.05) is 42.5 Å². The lowest BCUT2D eigenvalue weighted by Crippen LogP contribution is -2.06. The van der Waals surface area contributed by atoms with Crippen molar-refractivity contribution in [2.24, 2.45) is 5.73 Å². The molecule has 0 aliphatic rings. The summed E-state index contributed by atoms with van der Waals surface area (Å²) in [6.45, 7) is 2.65. The van der Waals surface area contributed by atoms with Gasteiger partial charge in [0, 0.05) is 6.54 Å². The first-order valence-corrected chi connectivity index (χ1v) is 6.31. The van der Waals surface area contributed by atoms with Crippen LogP contribution in [-0.4, -0.2) is 12.6 Å². The van der Waals surface area contributed by atoms with Gasteiger partial charge in [0.1, 0.15) is 0 Å². The van der Waals surface area contributed by atoms with Gasteiger partial charge in [-0.1, -0.05) is 36.4 Å². The molecule has 0 saturated carbocycles. The lowest BCUT2D eigenvalue weighted by molar-refractivity contribution is 0.0527. The van der Waals surface area contributed by atoms with Crippen LogP contribution in [0.1, 0.15) is 22.8 Å². The Morgan fingerprint density at radius 3 is 2.68 bits per heavy atom. The molecule has 0 aromatic heterocycles. The van der Waals surface area contributed by atoms with E-state index >= 15 is 0 Å². The van der Waals surface area contributed by atoms with Gasteiger partial charge in [0.2, 0.25) is 0 Å². The van der Waals surface area contributed by atoms with Gasteiger partial charge in [-0.3, -0.25) is 0 Å². The van der Waals surface area contributed by atoms with E-state index in [9.17, 15) is 4.79 Å². The van der Waals surface area contributed by atoms with Gasteiger partial charge in [-0.15, -0.1) is 0 Å². The normalized spacial score (nSPS) is 10.2. The lowest BCUT2D eigenvalue weighted by Gasteiger charge is -2.09. The van der Waals surface area contributed by atoms with Crippen LogP contribution >= 0.6 is 0 Å². The minimum atomic E-state index is -0.295. The molecule has 0 atom stereocenters. The van der Waals surface area contributed by atoms with E-state index < -0.39 is 0 Å². The quantitative estimate of drug-likeness (QED) is 0.854. The summed E-state index contributed by atoms with van der Waals surface area (Å²) in [6.07, 6.45) is 0. The molecule has 0 unspecified atom stereocenters. The van der Waals surface area contributed by atoms with Crippen LogP contribution in [0.5, 0.6) is 0 Å². The number of carbonyl (C=O) groups is 1. The van der Waals surface area contributed by atoms with E-state index in [2.05, 4.69) is 0 Å². The van der Waals surface area contributed by atoms with Crippen LogP contribution in [0.25, 0.3) is 11.1 Å². The zero-order chi connectivity index (χ0) is 13.7. The third-order valence-electron chi connectivity index (χ3n) is 2.90. The Bertz CT molecular complexity index is 578. The Morgan fingerprint density at radius 1 is 1.16 bits per heavy atom. The zero-order valence-corrected chi connectivity index (χ0v) is 10.9. The molecule has 3 heteroatoms. The van der Waals surface area contributed by atoms with Crippen molar-refractivity contribution >= 4 is 5.97 Å². The molecule has 0 radical (unpaired) electrons. The smallest absolute Gasteiger partial charge is 0.338 e. The molecule has 0 aliphatic carbocycles. The molecule has 0 heterocycles. The Morgan fingerprint density at radius 2 is 1.95 bits per heavy atom. The molecule has 0 amide bonds. The number of ether oxygens (including phenoxy) is 1. The fraction of sp³-hybridized carbons (Fsp3) is 0.188. The number of esters is 1. The Balaban J connectivity index is 2.46. The predicted molar refractivity (Wildman–Crippen MR) is 75.7 cm³/mol. The van der Waals surface area contributed by atoms with Gasteiger partial charge in [0.25, 0.3) is 0 Å². The van der Waals surface area contributed by atoms with Crippen molar-refractivity contribution in [3.05, 3.63) is 59.7 Å². The van der Waals surface area contributed by atoms with E-state index in [0.717, 1.165) is 16.7 Å². The number of hydrogen-bond acceptors (Lipinski definition) is 3. The molecular weight excluding hydrogens is 238 g/mol. The number of nitrogens with two attached hydrogens (primary N) is 1. The molecule has 2 aromatic rings. The maximum Gasteiger partial charge on any atom is 0.338 e. The second-order valence-electron chi connectivity index (χ2n) is 4.17. The number of hydrogen-bond donors (Lipinski definition) is 1. The summed E-state index contributed by atoms with van der Waals surface area (Å²) in [4.78, 5) is 11.9. The second kappa shape index (κ2) is 6.16. The molecule has 0 aliphatic heterocycles. The van der Waals surface area contributed by atoms with Gasteiger partial charge in [0.05, 0.1) is 12.2 Å². The van der Waals surface area contributed by atoms with Crippen LogP contribution in [0.4, 0.5) is 0 Å². The van der Waals surface area contributed by atoms with E-state index in [1.165, 1.54) is 0 Å². The molecule has 2 aromatic carbocycles. The van der Waals surface area contributed by atoms with Crippen LogP contribution in [0.15, 0.2) is 48.5 Å². The molecule has 0 fully saturated rings. The van der Waals surface area contributed by atoms with E-state index in [0.29, 0.717) is 18.7 Å². The van der Waals surface area contributed by atoms with E-state index in [1.54, 1.807) is 13.0 Å². The minimum Gasteiger partial charge on any atom is -0.462 e. The van der Waals surface area contributed by atoms with Crippen molar-refractivity contribution in [3.8, 4) is 11.1 Å². The highest BCUT2D eigenvalue weighted by molar-refractivity contribution is 5.97. The highest BCUT2D eigenvalue weighted by Crippen LogP contribution is 2.25. The van der Waals surface area contributed by atoms with Gasteiger partial charge >= 0.3 is 5.97 Å². The zero-order valence-electron chi connectivity index (χ0n) is 10.9. The largest absolute Gasteiger partial charge is 0.462 e. The summed E-state index contributed by atoms with van der Waals surface area (Å²) < 4.78 is 5.08. The number of rotatable bonds is 4. The van der Waals surface area contributed by atoms with Gasteiger partial charge in [0.15, 0.2) is 0 Å². The average Bonchev–Trinajstić information content (AvgIpc) is 2.47. The topological polar surface area (TPSA) is 52.3 Å². The first-order valence-electron chi connectivity index (χ1n) is 6.31. The highest BCUT2D eigenvalue weighted by atomic mass is 16.5. The SMILES string of the molecule is CCOC(=O)c1ccccc1-c1cccc(CN)c1. The molecule has 0 saturated heterocycles. The van der Waals surface area contributed by atoms with Crippen LogP contribution < -0.4 is 5.73 Å². The van der Waals surface area contributed by atoms with E-state index in [-0.39, 0.29) is 5.97 Å². The van der Waals surface area contributed by atoms with Crippen LogP contribution in [0.3, 0.4) is 0 Å². The first kappa shape index (κ1) is 13.3. The van der Waals surface area contributed by atoms with Crippen LogP contribution in [-0.2, 0) is 11.3 Å². The monoisotopic (exact) mass is 255 g/mol. The standard InChI is InChI=1S/C16H17NO2/c1-2-19-16(18)15-9-4-3-8-14(15)13-7-5-6-12(10-13)11-17/h3-10H,2,11,17H2,1H3. The summed E-state index contributed by atoms with van der Waals surface area (Å²) in [7, 11) is 0. The second-order valence-corrected chi connectivity index (χ2v) is 4.17. The van der Waals surface area contributed by atoms with Crippen LogP contribution in [0, 0.1) is 0 Å². The predicted octanol–water partition coefficient (Wildman–Crippen LogP) is 2.99. The van der Waals surface area contributed by atoms with Gasteiger partial charge in [-0.25, -0.2) is 4.79 Å². The molecule has 19 heavy (non-hydrogen) atoms. The Hall–Kier alpha value is -2.13. The summed E-state index contributed by atoms with van der Waals surface area (Å²) in [5, 5.41) is 0. The summed E-state index contributed by atoms with van der Waals surface area (Å²) in [6, 6.07) is 15.3. The third-order valence-corrected chi connectivity index (χ3v) is 2.90. The average molecular weight is 255 g/mol. The molecule has 2 rings (SSSR count). The number of carbonyl (C=O) groups excluding carboxylic acids is 1. The molecule has 3 nitrogen and oxygen atoms in total. The van der Waals surface area contributed by atoms with Gasteiger partial charge in [-0.05, 0) is 35.7 Å². The molecule has 2 N–H and O–H groups in total. The van der Waals surface area contributed by atoms with Crippen molar-refractivity contribution in [1.29, 1.82) is 0 Å². The van der Waals surface area contributed by atoms with Crippen molar-refractivity contribution in [2.45, 2.75) is 13.5 Å². The van der Waals surface area contributed by atoms with Gasteiger partial charge < -0.3 is 10.5 Å². The first-order chi connectivity index (χ1) is 9.26. The van der Waals surface area contributed by atoms with Crippen molar-refractivity contribution < 1.29 is 9.53 Å². The van der Waals surface area contributed by atoms with Crippen molar-refractivity contribution in [3.63, 3.8) is 0 Å². The Kier molecular flexibility index (Phi) is 4.31. The maximum atomic E-state index is 11.9. The summed E-state index contributed by atoms with van der Waals surface area (Å²) >= 11 is 0. The van der Waals surface area contributed by atoms with Crippen molar-refractivity contribution in [2.75, 3.05) is 6.61 Å². The third kappa shape index (κ3) is 3.01. The van der Waals surface area contributed by atoms with E-state index in [4.69, 9.17) is 10.5 Å².